The maximum absolute atomic E-state index is 14.6. The molecule has 10 heteroatoms. The number of benzene rings is 1. The number of thioether (sulfide) groups is 1. The molecule has 0 radical (unpaired) electrons. The lowest BCUT2D eigenvalue weighted by atomic mass is 9.71. The fraction of sp³-hybridized carbons (Fsp3) is 0.593. The van der Waals surface area contributed by atoms with Crippen molar-refractivity contribution in [1.82, 2.24) is 4.90 Å². The average molecular weight is 614 g/mol. The van der Waals surface area contributed by atoms with Gasteiger partial charge in [-0.15, -0.1) is 18.3 Å². The second-order valence-electron chi connectivity index (χ2n) is 10.0. The van der Waals surface area contributed by atoms with E-state index in [2.05, 4.69) is 22.5 Å². The predicted octanol–water partition coefficient (Wildman–Crippen LogP) is 4.29. The Morgan fingerprint density at radius 3 is 2.62 bits per heavy atom. The summed E-state index contributed by atoms with van der Waals surface area (Å²) in [5.74, 6) is -2.31. The SMILES string of the molecule is C=CCN(C(=O)C1N([C@@H](CO)[C@@H](C)CC)C(=O)[C@@H]2[C@@H](C(=O)OCC)[C@@H]3SC12CC3Br)c1ccc(Cl)cc1. The molecular weight excluding hydrogens is 580 g/mol. The number of aliphatic hydroxyl groups is 1. The molecule has 2 amide bonds. The van der Waals surface area contributed by atoms with Gasteiger partial charge in [-0.05, 0) is 43.5 Å². The van der Waals surface area contributed by atoms with E-state index in [0.29, 0.717) is 17.1 Å². The number of alkyl halides is 1. The van der Waals surface area contributed by atoms with E-state index in [1.54, 1.807) is 58.8 Å². The summed E-state index contributed by atoms with van der Waals surface area (Å²) in [6, 6.07) is 5.56. The number of anilines is 1. The molecule has 3 unspecified atom stereocenters. The lowest BCUT2D eigenvalue weighted by Gasteiger charge is -2.41. The number of hydrogen-bond donors (Lipinski definition) is 1. The van der Waals surface area contributed by atoms with Gasteiger partial charge >= 0.3 is 5.97 Å². The monoisotopic (exact) mass is 612 g/mol. The van der Waals surface area contributed by atoms with Crippen molar-refractivity contribution in [2.24, 2.45) is 17.8 Å². The van der Waals surface area contributed by atoms with Gasteiger partial charge in [-0.1, -0.05) is 53.9 Å². The smallest absolute Gasteiger partial charge is 0.310 e. The molecule has 0 aliphatic carbocycles. The molecule has 2 bridgehead atoms. The number of carbonyl (C=O) groups is 3. The second kappa shape index (κ2) is 11.3. The minimum absolute atomic E-state index is 0.0501. The van der Waals surface area contributed by atoms with Gasteiger partial charge in [0.1, 0.15) is 6.04 Å². The van der Waals surface area contributed by atoms with Crippen LogP contribution in [0.25, 0.3) is 0 Å². The first kappa shape index (κ1) is 28.5. The van der Waals surface area contributed by atoms with Crippen molar-refractivity contribution in [3.05, 3.63) is 41.9 Å². The van der Waals surface area contributed by atoms with Crippen molar-refractivity contribution in [1.29, 1.82) is 0 Å². The Bertz CT molecular complexity index is 1060. The first-order valence-corrected chi connectivity index (χ1v) is 14.9. The molecule has 3 saturated heterocycles. The van der Waals surface area contributed by atoms with Crippen LogP contribution < -0.4 is 4.90 Å². The topological polar surface area (TPSA) is 87.2 Å². The number of ether oxygens (including phenoxy) is 1. The largest absolute Gasteiger partial charge is 0.466 e. The number of nitrogens with zero attached hydrogens (tertiary/aromatic N) is 2. The normalized spacial score (nSPS) is 31.7. The number of halogens is 2. The summed E-state index contributed by atoms with van der Waals surface area (Å²) in [5, 5.41) is 10.9. The molecule has 3 aliphatic heterocycles. The Morgan fingerprint density at radius 1 is 1.38 bits per heavy atom. The van der Waals surface area contributed by atoms with Crippen LogP contribution in [0.3, 0.4) is 0 Å². The summed E-state index contributed by atoms with van der Waals surface area (Å²) in [6.07, 6.45) is 2.93. The van der Waals surface area contributed by atoms with Crippen molar-refractivity contribution in [2.75, 3.05) is 24.7 Å². The molecule has 0 aromatic heterocycles. The molecule has 7 nitrogen and oxygen atoms in total. The molecule has 1 aromatic carbocycles. The molecule has 202 valence electrons. The van der Waals surface area contributed by atoms with E-state index in [1.807, 2.05) is 13.8 Å². The molecular formula is C27H34BrClN2O5S. The summed E-state index contributed by atoms with van der Waals surface area (Å²) >= 11 is 11.4. The third kappa shape index (κ3) is 4.64. The van der Waals surface area contributed by atoms with Gasteiger partial charge in [-0.25, -0.2) is 0 Å². The highest BCUT2D eigenvalue weighted by molar-refractivity contribution is 9.09. The van der Waals surface area contributed by atoms with Crippen LogP contribution in [0, 0.1) is 17.8 Å². The van der Waals surface area contributed by atoms with Crippen LogP contribution in [0.4, 0.5) is 5.69 Å². The van der Waals surface area contributed by atoms with Crippen molar-refractivity contribution < 1.29 is 24.2 Å². The third-order valence-electron chi connectivity index (χ3n) is 8.08. The Kier molecular flexibility index (Phi) is 8.68. The molecule has 3 aliphatic rings. The Balaban J connectivity index is 1.86. The minimum atomic E-state index is -0.860. The van der Waals surface area contributed by atoms with Crippen LogP contribution >= 0.6 is 39.3 Å². The number of likely N-dealkylation sites (tertiary alicyclic amines) is 1. The summed E-state index contributed by atoms with van der Waals surface area (Å²) in [4.78, 5) is 45.2. The first-order chi connectivity index (χ1) is 17.7. The number of aliphatic hydroxyl groups excluding tert-OH is 1. The van der Waals surface area contributed by atoms with E-state index < -0.39 is 34.6 Å². The third-order valence-corrected chi connectivity index (χ3v) is 11.6. The van der Waals surface area contributed by atoms with E-state index in [1.165, 1.54) is 0 Å². The van der Waals surface area contributed by atoms with Crippen molar-refractivity contribution >= 4 is 62.8 Å². The molecule has 1 spiro atoms. The highest BCUT2D eigenvalue weighted by atomic mass is 79.9. The Hall–Kier alpha value is -1.55. The second-order valence-corrected chi connectivity index (χ2v) is 13.2. The Morgan fingerprint density at radius 2 is 2.05 bits per heavy atom. The van der Waals surface area contributed by atoms with E-state index in [-0.39, 0.29) is 47.6 Å². The van der Waals surface area contributed by atoms with Gasteiger partial charge in [0, 0.05) is 27.3 Å². The lowest BCUT2D eigenvalue weighted by molar-refractivity contribution is -0.154. The van der Waals surface area contributed by atoms with E-state index >= 15 is 0 Å². The van der Waals surface area contributed by atoms with E-state index in [0.717, 1.165) is 6.42 Å². The van der Waals surface area contributed by atoms with Gasteiger partial charge < -0.3 is 19.6 Å². The highest BCUT2D eigenvalue weighted by Crippen LogP contribution is 2.68. The standard InChI is InChI=1S/C27H34BrClN2O5S/c1-5-12-30(17-10-8-16(29)9-11-17)25(34)23-27-13-18(28)22(37-27)20(26(35)36-7-3)21(27)24(33)31(23)19(14-32)15(4)6-2/h5,8-11,15,18-23,32H,1,6-7,12-14H2,2-4H3/t15-,18?,19-,20+,21-,22+,23?,27?/m0/s1. The van der Waals surface area contributed by atoms with Crippen molar-refractivity contribution in [3.8, 4) is 0 Å². The summed E-state index contributed by atoms with van der Waals surface area (Å²) in [6.45, 7) is 9.75. The number of amides is 2. The zero-order valence-corrected chi connectivity index (χ0v) is 24.5. The number of fused-ring (bicyclic) bond motifs is 1. The first-order valence-electron chi connectivity index (χ1n) is 12.8. The molecule has 3 heterocycles. The van der Waals surface area contributed by atoms with Crippen LogP contribution in [0.5, 0.6) is 0 Å². The number of esters is 1. The zero-order valence-electron chi connectivity index (χ0n) is 21.3. The molecule has 37 heavy (non-hydrogen) atoms. The van der Waals surface area contributed by atoms with E-state index in [4.69, 9.17) is 16.3 Å². The van der Waals surface area contributed by atoms with Gasteiger partial charge in [0.15, 0.2) is 0 Å². The predicted molar refractivity (Wildman–Crippen MR) is 150 cm³/mol. The summed E-state index contributed by atoms with van der Waals surface area (Å²) in [5.41, 5.74) is 0.639. The summed E-state index contributed by atoms with van der Waals surface area (Å²) in [7, 11) is 0. The minimum Gasteiger partial charge on any atom is -0.466 e. The van der Waals surface area contributed by atoms with Crippen molar-refractivity contribution in [3.63, 3.8) is 0 Å². The van der Waals surface area contributed by atoms with Crippen LogP contribution in [-0.2, 0) is 19.1 Å². The van der Waals surface area contributed by atoms with Gasteiger partial charge in [0.05, 0.1) is 35.8 Å². The highest BCUT2D eigenvalue weighted by Gasteiger charge is 2.76. The lowest BCUT2D eigenvalue weighted by Crippen LogP contribution is -2.59. The number of carbonyl (C=O) groups excluding carboxylic acids is 3. The molecule has 8 atom stereocenters. The molecule has 1 aromatic rings. The van der Waals surface area contributed by atoms with Gasteiger partial charge in [-0.3, -0.25) is 14.4 Å². The average Bonchev–Trinajstić information content (AvgIpc) is 3.47. The van der Waals surface area contributed by atoms with Crippen LogP contribution in [0.1, 0.15) is 33.6 Å². The van der Waals surface area contributed by atoms with Crippen LogP contribution in [0.2, 0.25) is 5.02 Å². The molecule has 0 saturated carbocycles. The van der Waals surface area contributed by atoms with E-state index in [9.17, 15) is 19.5 Å². The maximum atomic E-state index is 14.6. The van der Waals surface area contributed by atoms with Crippen LogP contribution in [0.15, 0.2) is 36.9 Å². The Labute approximate surface area is 236 Å². The molecule has 1 N–H and O–H groups in total. The number of rotatable bonds is 10. The van der Waals surface area contributed by atoms with Gasteiger partial charge in [0.25, 0.3) is 5.91 Å². The fourth-order valence-corrected chi connectivity index (χ4v) is 9.95. The molecule has 3 fully saturated rings. The van der Waals surface area contributed by atoms with Gasteiger partial charge in [-0.2, -0.15) is 0 Å². The maximum Gasteiger partial charge on any atom is 0.310 e. The quantitative estimate of drug-likeness (QED) is 0.241. The van der Waals surface area contributed by atoms with Crippen LogP contribution in [-0.4, -0.2) is 74.5 Å². The summed E-state index contributed by atoms with van der Waals surface area (Å²) < 4.78 is 4.60. The van der Waals surface area contributed by atoms with Gasteiger partial charge in [0.2, 0.25) is 5.91 Å². The molecule has 4 rings (SSSR count). The van der Waals surface area contributed by atoms with Crippen molar-refractivity contribution in [2.45, 2.75) is 60.5 Å². The number of hydrogen-bond acceptors (Lipinski definition) is 6. The fourth-order valence-electron chi connectivity index (χ4n) is 6.25. The zero-order chi connectivity index (χ0) is 27.1.